The van der Waals surface area contributed by atoms with E-state index >= 15 is 0 Å². The molecule has 1 amide bonds. The summed E-state index contributed by atoms with van der Waals surface area (Å²) in [5.41, 5.74) is 2.90. The first-order chi connectivity index (χ1) is 12.1. The summed E-state index contributed by atoms with van der Waals surface area (Å²) < 4.78 is 25.5. The standard InChI is InChI=1S/C19H23ClN2O3S/c1-13(2)15-5-8-17(9-6-15)21-19(23)12-22(26(4,24)25)18-10-7-16(20)11-14(18)3/h5-11,13H,12H2,1-4H3,(H,21,23). The van der Waals surface area contributed by atoms with Crippen LogP contribution in [0.2, 0.25) is 5.02 Å². The molecule has 0 aliphatic rings. The molecule has 0 atom stereocenters. The molecular weight excluding hydrogens is 372 g/mol. The molecule has 2 rings (SSSR count). The molecule has 0 saturated carbocycles. The van der Waals surface area contributed by atoms with Crippen molar-refractivity contribution in [2.24, 2.45) is 0 Å². The Morgan fingerprint density at radius 2 is 1.77 bits per heavy atom. The predicted molar refractivity (Wildman–Crippen MR) is 108 cm³/mol. The zero-order valence-corrected chi connectivity index (χ0v) is 16.9. The van der Waals surface area contributed by atoms with Gasteiger partial charge in [-0.15, -0.1) is 0 Å². The molecule has 0 unspecified atom stereocenters. The third-order valence-electron chi connectivity index (χ3n) is 3.98. The summed E-state index contributed by atoms with van der Waals surface area (Å²) in [4.78, 5) is 12.4. The van der Waals surface area contributed by atoms with Crippen LogP contribution >= 0.6 is 11.6 Å². The van der Waals surface area contributed by atoms with E-state index in [0.717, 1.165) is 16.1 Å². The maximum Gasteiger partial charge on any atom is 0.245 e. The maximum absolute atomic E-state index is 12.4. The van der Waals surface area contributed by atoms with Crippen molar-refractivity contribution < 1.29 is 13.2 Å². The van der Waals surface area contributed by atoms with Gasteiger partial charge in [0.05, 0.1) is 11.9 Å². The normalized spacial score (nSPS) is 11.5. The van der Waals surface area contributed by atoms with Crippen LogP contribution in [-0.4, -0.2) is 27.1 Å². The third kappa shape index (κ3) is 5.22. The molecule has 0 bridgehead atoms. The number of nitrogens with zero attached hydrogens (tertiary/aromatic N) is 1. The minimum absolute atomic E-state index is 0.312. The summed E-state index contributed by atoms with van der Waals surface area (Å²) in [6, 6.07) is 12.4. The number of halogens is 1. The van der Waals surface area contributed by atoms with E-state index in [1.165, 1.54) is 0 Å². The van der Waals surface area contributed by atoms with Gasteiger partial charge >= 0.3 is 0 Å². The van der Waals surface area contributed by atoms with Gasteiger partial charge in [-0.3, -0.25) is 9.10 Å². The second kappa shape index (κ2) is 8.10. The highest BCUT2D eigenvalue weighted by Gasteiger charge is 2.22. The van der Waals surface area contributed by atoms with Gasteiger partial charge in [-0.2, -0.15) is 0 Å². The first kappa shape index (κ1) is 20.3. The van der Waals surface area contributed by atoms with Crippen LogP contribution in [0, 0.1) is 6.92 Å². The Morgan fingerprint density at radius 1 is 1.15 bits per heavy atom. The summed E-state index contributed by atoms with van der Waals surface area (Å²) >= 11 is 5.94. The van der Waals surface area contributed by atoms with Crippen LogP contribution < -0.4 is 9.62 Å². The summed E-state index contributed by atoms with van der Waals surface area (Å²) in [7, 11) is -3.63. The number of rotatable bonds is 6. The Balaban J connectivity index is 2.19. The largest absolute Gasteiger partial charge is 0.325 e. The minimum Gasteiger partial charge on any atom is -0.325 e. The van der Waals surface area contributed by atoms with E-state index < -0.39 is 15.9 Å². The van der Waals surface area contributed by atoms with Gasteiger partial charge in [-0.05, 0) is 54.3 Å². The van der Waals surface area contributed by atoms with Crippen molar-refractivity contribution in [3.05, 3.63) is 58.6 Å². The molecule has 2 aromatic rings. The zero-order chi connectivity index (χ0) is 19.5. The van der Waals surface area contributed by atoms with Crippen LogP contribution in [0.1, 0.15) is 30.9 Å². The number of carbonyl (C=O) groups is 1. The number of sulfonamides is 1. The van der Waals surface area contributed by atoms with Crippen LogP contribution in [0.25, 0.3) is 0 Å². The van der Waals surface area contributed by atoms with Crippen LogP contribution in [0.3, 0.4) is 0 Å². The Bertz CT molecular complexity index is 894. The predicted octanol–water partition coefficient (Wildman–Crippen LogP) is 4.18. The van der Waals surface area contributed by atoms with Crippen molar-refractivity contribution in [2.75, 3.05) is 22.4 Å². The summed E-state index contributed by atoms with van der Waals surface area (Å²) in [6.07, 6.45) is 1.08. The number of hydrogen-bond donors (Lipinski definition) is 1. The van der Waals surface area contributed by atoms with Crippen molar-refractivity contribution in [1.82, 2.24) is 0 Å². The number of anilines is 2. The molecule has 0 aliphatic carbocycles. The maximum atomic E-state index is 12.4. The fourth-order valence-corrected chi connectivity index (χ4v) is 3.70. The second-order valence-corrected chi connectivity index (χ2v) is 8.87. The zero-order valence-electron chi connectivity index (χ0n) is 15.3. The quantitative estimate of drug-likeness (QED) is 0.799. The molecule has 1 N–H and O–H groups in total. The van der Waals surface area contributed by atoms with Gasteiger partial charge in [0.1, 0.15) is 6.54 Å². The van der Waals surface area contributed by atoms with E-state index in [-0.39, 0.29) is 6.54 Å². The lowest BCUT2D eigenvalue weighted by Gasteiger charge is -2.23. The molecule has 140 valence electrons. The van der Waals surface area contributed by atoms with E-state index in [0.29, 0.717) is 27.9 Å². The Morgan fingerprint density at radius 3 is 2.27 bits per heavy atom. The number of carbonyl (C=O) groups excluding carboxylic acids is 1. The number of nitrogens with one attached hydrogen (secondary N) is 1. The smallest absolute Gasteiger partial charge is 0.245 e. The first-order valence-electron chi connectivity index (χ1n) is 8.21. The van der Waals surface area contributed by atoms with Crippen LogP contribution in [0.4, 0.5) is 11.4 Å². The van der Waals surface area contributed by atoms with E-state index in [2.05, 4.69) is 19.2 Å². The third-order valence-corrected chi connectivity index (χ3v) is 5.34. The highest BCUT2D eigenvalue weighted by Crippen LogP contribution is 2.25. The van der Waals surface area contributed by atoms with Gasteiger partial charge in [0.15, 0.2) is 0 Å². The summed E-state index contributed by atoms with van der Waals surface area (Å²) in [6.45, 7) is 5.62. The van der Waals surface area contributed by atoms with Crippen molar-refractivity contribution in [3.63, 3.8) is 0 Å². The minimum atomic E-state index is -3.63. The Kier molecular flexibility index (Phi) is 6.31. The molecule has 0 aromatic heterocycles. The van der Waals surface area contributed by atoms with E-state index in [1.807, 2.05) is 24.3 Å². The lowest BCUT2D eigenvalue weighted by atomic mass is 10.0. The molecule has 0 saturated heterocycles. The highest BCUT2D eigenvalue weighted by atomic mass is 35.5. The topological polar surface area (TPSA) is 66.5 Å². The second-order valence-electron chi connectivity index (χ2n) is 6.53. The molecule has 5 nitrogen and oxygen atoms in total. The van der Waals surface area contributed by atoms with Crippen LogP contribution in [0.15, 0.2) is 42.5 Å². The monoisotopic (exact) mass is 394 g/mol. The lowest BCUT2D eigenvalue weighted by Crippen LogP contribution is -2.37. The Hall–Kier alpha value is -2.05. The molecule has 7 heteroatoms. The lowest BCUT2D eigenvalue weighted by molar-refractivity contribution is -0.114. The van der Waals surface area contributed by atoms with Gasteiger partial charge in [-0.25, -0.2) is 8.42 Å². The molecule has 0 fully saturated rings. The average Bonchev–Trinajstić information content (AvgIpc) is 2.53. The first-order valence-corrected chi connectivity index (χ1v) is 10.4. The highest BCUT2D eigenvalue weighted by molar-refractivity contribution is 7.92. The van der Waals surface area contributed by atoms with Crippen molar-refractivity contribution >= 4 is 38.9 Å². The number of aryl methyl sites for hydroxylation is 1. The van der Waals surface area contributed by atoms with Gasteiger partial charge in [0.25, 0.3) is 0 Å². The van der Waals surface area contributed by atoms with Gasteiger partial charge in [0.2, 0.25) is 15.9 Å². The van der Waals surface area contributed by atoms with E-state index in [4.69, 9.17) is 11.6 Å². The van der Waals surface area contributed by atoms with Gasteiger partial charge in [-0.1, -0.05) is 37.6 Å². The molecule has 0 aliphatic heterocycles. The van der Waals surface area contributed by atoms with Crippen LogP contribution in [0.5, 0.6) is 0 Å². The molecular formula is C19H23ClN2O3S. The van der Waals surface area contributed by atoms with Crippen LogP contribution in [-0.2, 0) is 14.8 Å². The number of benzene rings is 2. The molecule has 2 aromatic carbocycles. The van der Waals surface area contributed by atoms with Crippen molar-refractivity contribution in [2.45, 2.75) is 26.7 Å². The summed E-state index contributed by atoms with van der Waals surface area (Å²) in [5.74, 6) is -0.0181. The molecule has 0 spiro atoms. The molecule has 0 radical (unpaired) electrons. The van der Waals surface area contributed by atoms with Crippen molar-refractivity contribution in [1.29, 1.82) is 0 Å². The average molecular weight is 395 g/mol. The van der Waals surface area contributed by atoms with E-state index in [9.17, 15) is 13.2 Å². The molecule has 26 heavy (non-hydrogen) atoms. The SMILES string of the molecule is Cc1cc(Cl)ccc1N(CC(=O)Nc1ccc(C(C)C)cc1)S(C)(=O)=O. The number of hydrogen-bond acceptors (Lipinski definition) is 3. The molecule has 0 heterocycles. The van der Waals surface area contributed by atoms with Gasteiger partial charge in [0, 0.05) is 10.7 Å². The fraction of sp³-hybridized carbons (Fsp3) is 0.316. The number of amides is 1. The fourth-order valence-electron chi connectivity index (χ4n) is 2.56. The van der Waals surface area contributed by atoms with E-state index in [1.54, 1.807) is 25.1 Å². The van der Waals surface area contributed by atoms with Crippen molar-refractivity contribution in [3.8, 4) is 0 Å². The van der Waals surface area contributed by atoms with Gasteiger partial charge < -0.3 is 5.32 Å². The summed E-state index contributed by atoms with van der Waals surface area (Å²) in [5, 5.41) is 3.25. The Labute approximate surface area is 160 Å².